The van der Waals surface area contributed by atoms with Crippen LogP contribution in [0.5, 0.6) is 0 Å². The first kappa shape index (κ1) is 15.7. The molecule has 1 aliphatic rings. The van der Waals surface area contributed by atoms with Crippen LogP contribution in [-0.2, 0) is 12.8 Å². The number of nitriles is 1. The van der Waals surface area contributed by atoms with Crippen molar-refractivity contribution < 1.29 is 0 Å². The van der Waals surface area contributed by atoms with Gasteiger partial charge in [-0.25, -0.2) is 0 Å². The quantitative estimate of drug-likeness (QED) is 0.795. The van der Waals surface area contributed by atoms with Crippen LogP contribution in [0.1, 0.15) is 50.4 Å². The van der Waals surface area contributed by atoms with Crippen LogP contribution in [-0.4, -0.2) is 40.8 Å². The highest BCUT2D eigenvalue weighted by atomic mass is 15.2. The minimum absolute atomic E-state index is 0.637. The Balaban J connectivity index is 2.04. The lowest BCUT2D eigenvalue weighted by atomic mass is 10.0. The SMILES string of the molecule is CCc1nnc(NCCN(CC)C2CC2)c(C#N)c1CC. The van der Waals surface area contributed by atoms with E-state index in [-0.39, 0.29) is 0 Å². The Morgan fingerprint density at radius 3 is 2.52 bits per heavy atom. The van der Waals surface area contributed by atoms with Crippen molar-refractivity contribution in [2.45, 2.75) is 52.5 Å². The molecular weight excluding hydrogens is 262 g/mol. The lowest BCUT2D eigenvalue weighted by molar-refractivity contribution is 0.289. The Morgan fingerprint density at radius 2 is 2.00 bits per heavy atom. The van der Waals surface area contributed by atoms with Gasteiger partial charge in [0.05, 0.1) is 5.69 Å². The molecule has 1 aliphatic carbocycles. The molecule has 5 heteroatoms. The number of nitrogens with one attached hydrogen (secondary N) is 1. The van der Waals surface area contributed by atoms with E-state index in [4.69, 9.17) is 0 Å². The van der Waals surface area contributed by atoms with Crippen LogP contribution < -0.4 is 5.32 Å². The lowest BCUT2D eigenvalue weighted by Gasteiger charge is -2.20. The lowest BCUT2D eigenvalue weighted by Crippen LogP contribution is -2.31. The van der Waals surface area contributed by atoms with Gasteiger partial charge in [0.1, 0.15) is 11.6 Å². The molecule has 114 valence electrons. The number of hydrogen-bond acceptors (Lipinski definition) is 5. The minimum Gasteiger partial charge on any atom is -0.366 e. The van der Waals surface area contributed by atoms with Gasteiger partial charge < -0.3 is 5.32 Å². The van der Waals surface area contributed by atoms with Gasteiger partial charge in [-0.15, -0.1) is 5.10 Å². The van der Waals surface area contributed by atoms with E-state index in [1.54, 1.807) is 0 Å². The first-order valence-corrected chi connectivity index (χ1v) is 8.01. The molecule has 0 spiro atoms. The van der Waals surface area contributed by atoms with Crippen LogP contribution in [0.15, 0.2) is 0 Å². The van der Waals surface area contributed by atoms with Crippen LogP contribution in [0.25, 0.3) is 0 Å². The summed E-state index contributed by atoms with van der Waals surface area (Å²) in [6.45, 7) is 9.19. The molecule has 0 aliphatic heterocycles. The zero-order valence-corrected chi connectivity index (χ0v) is 13.3. The Morgan fingerprint density at radius 1 is 1.24 bits per heavy atom. The molecule has 0 saturated heterocycles. The van der Waals surface area contributed by atoms with E-state index >= 15 is 0 Å². The van der Waals surface area contributed by atoms with Crippen molar-refractivity contribution in [2.75, 3.05) is 25.0 Å². The van der Waals surface area contributed by atoms with Gasteiger partial charge in [-0.1, -0.05) is 20.8 Å². The predicted octanol–water partition coefficient (Wildman–Crippen LogP) is 2.37. The molecule has 1 aromatic heterocycles. The molecule has 5 nitrogen and oxygen atoms in total. The normalized spacial score (nSPS) is 14.2. The number of aryl methyl sites for hydroxylation is 1. The van der Waals surface area contributed by atoms with Gasteiger partial charge in [-0.3, -0.25) is 4.90 Å². The van der Waals surface area contributed by atoms with Gasteiger partial charge in [-0.05, 0) is 37.8 Å². The van der Waals surface area contributed by atoms with Crippen molar-refractivity contribution in [3.63, 3.8) is 0 Å². The van der Waals surface area contributed by atoms with Gasteiger partial charge in [0.25, 0.3) is 0 Å². The molecule has 0 unspecified atom stereocenters. The molecule has 2 rings (SSSR count). The highest BCUT2D eigenvalue weighted by Gasteiger charge is 2.27. The monoisotopic (exact) mass is 287 g/mol. The minimum atomic E-state index is 0.637. The van der Waals surface area contributed by atoms with Crippen LogP contribution >= 0.6 is 0 Å². The van der Waals surface area contributed by atoms with Crippen LogP contribution in [0.3, 0.4) is 0 Å². The average Bonchev–Trinajstić information content (AvgIpc) is 3.35. The number of likely N-dealkylation sites (N-methyl/N-ethyl adjacent to an activating group) is 1. The third kappa shape index (κ3) is 3.70. The first-order valence-electron chi connectivity index (χ1n) is 8.01. The van der Waals surface area contributed by atoms with Crippen molar-refractivity contribution in [1.29, 1.82) is 5.26 Å². The Labute approximate surface area is 127 Å². The summed E-state index contributed by atoms with van der Waals surface area (Å²) in [6, 6.07) is 3.07. The molecular formula is C16H25N5. The topological polar surface area (TPSA) is 64.8 Å². The van der Waals surface area contributed by atoms with E-state index < -0.39 is 0 Å². The number of hydrogen-bond donors (Lipinski definition) is 1. The van der Waals surface area contributed by atoms with Crippen molar-refractivity contribution in [1.82, 2.24) is 15.1 Å². The molecule has 0 radical (unpaired) electrons. The molecule has 0 bridgehead atoms. The molecule has 1 N–H and O–H groups in total. The third-order valence-electron chi connectivity index (χ3n) is 4.12. The molecule has 1 aromatic rings. The van der Waals surface area contributed by atoms with Crippen LogP contribution in [0, 0.1) is 11.3 Å². The molecule has 0 atom stereocenters. The largest absolute Gasteiger partial charge is 0.366 e. The number of anilines is 1. The van der Waals surface area contributed by atoms with Crippen LogP contribution in [0.2, 0.25) is 0 Å². The fourth-order valence-electron chi connectivity index (χ4n) is 2.77. The summed E-state index contributed by atoms with van der Waals surface area (Å²) in [4.78, 5) is 2.48. The molecule has 1 fully saturated rings. The van der Waals surface area contributed by atoms with E-state index in [9.17, 15) is 5.26 Å². The second kappa shape index (κ2) is 7.37. The fraction of sp³-hybridized carbons (Fsp3) is 0.688. The summed E-state index contributed by atoms with van der Waals surface area (Å²) in [5.74, 6) is 0.637. The smallest absolute Gasteiger partial charge is 0.166 e. The molecule has 1 saturated carbocycles. The maximum absolute atomic E-state index is 9.44. The van der Waals surface area contributed by atoms with Crippen molar-refractivity contribution >= 4 is 5.82 Å². The van der Waals surface area contributed by atoms with Gasteiger partial charge in [0.2, 0.25) is 0 Å². The first-order chi connectivity index (χ1) is 10.2. The summed E-state index contributed by atoms with van der Waals surface area (Å²) < 4.78 is 0. The van der Waals surface area contributed by atoms with Gasteiger partial charge in [0, 0.05) is 19.1 Å². The standard InChI is InChI=1S/C16H25N5/c1-4-13-14(11-17)16(20-19-15(13)5-2)18-9-10-21(6-3)12-7-8-12/h12H,4-10H2,1-3H3,(H,18,20). The average molecular weight is 287 g/mol. The van der Waals surface area contributed by atoms with Crippen LogP contribution in [0.4, 0.5) is 5.82 Å². The maximum atomic E-state index is 9.44. The van der Waals surface area contributed by atoms with E-state index in [2.05, 4.69) is 40.3 Å². The highest BCUT2D eigenvalue weighted by Crippen LogP contribution is 2.26. The third-order valence-corrected chi connectivity index (χ3v) is 4.12. The molecule has 0 aromatic carbocycles. The van der Waals surface area contributed by atoms with Crippen molar-refractivity contribution in [3.05, 3.63) is 16.8 Å². The van der Waals surface area contributed by atoms with E-state index in [0.717, 1.165) is 49.8 Å². The Bertz CT molecular complexity index is 516. The van der Waals surface area contributed by atoms with Gasteiger partial charge >= 0.3 is 0 Å². The van der Waals surface area contributed by atoms with E-state index in [1.165, 1.54) is 12.8 Å². The second-order valence-electron chi connectivity index (χ2n) is 5.45. The number of aromatic nitrogens is 2. The highest BCUT2D eigenvalue weighted by molar-refractivity contribution is 5.56. The van der Waals surface area contributed by atoms with Gasteiger partial charge in [-0.2, -0.15) is 10.4 Å². The Hall–Kier alpha value is -1.67. The van der Waals surface area contributed by atoms with Crippen molar-refractivity contribution in [2.24, 2.45) is 0 Å². The van der Waals surface area contributed by atoms with E-state index in [1.807, 2.05) is 6.92 Å². The van der Waals surface area contributed by atoms with Gasteiger partial charge in [0.15, 0.2) is 5.82 Å². The zero-order valence-electron chi connectivity index (χ0n) is 13.3. The summed E-state index contributed by atoms with van der Waals surface area (Å²) in [7, 11) is 0. The summed E-state index contributed by atoms with van der Waals surface area (Å²) in [5.41, 5.74) is 2.64. The summed E-state index contributed by atoms with van der Waals surface area (Å²) in [5, 5.41) is 21.2. The molecule has 0 amide bonds. The van der Waals surface area contributed by atoms with E-state index in [0.29, 0.717) is 11.4 Å². The molecule has 21 heavy (non-hydrogen) atoms. The molecule has 1 heterocycles. The summed E-state index contributed by atoms with van der Waals surface area (Å²) in [6.07, 6.45) is 4.28. The second-order valence-corrected chi connectivity index (χ2v) is 5.45. The fourth-order valence-corrected chi connectivity index (χ4v) is 2.77. The number of rotatable bonds is 8. The zero-order chi connectivity index (χ0) is 15.2. The Kier molecular flexibility index (Phi) is 5.51. The maximum Gasteiger partial charge on any atom is 0.166 e. The van der Waals surface area contributed by atoms with Crippen molar-refractivity contribution in [3.8, 4) is 6.07 Å². The predicted molar refractivity (Wildman–Crippen MR) is 84.3 cm³/mol. The number of nitrogens with zero attached hydrogens (tertiary/aromatic N) is 4. The summed E-state index contributed by atoms with van der Waals surface area (Å²) >= 11 is 0.